The monoisotopic (exact) mass is 270 g/mol. The number of ether oxygens (including phenoxy) is 1. The van der Waals surface area contributed by atoms with E-state index >= 15 is 0 Å². The van der Waals surface area contributed by atoms with E-state index < -0.39 is 0 Å². The van der Waals surface area contributed by atoms with E-state index in [1.165, 1.54) is 12.5 Å². The van der Waals surface area contributed by atoms with Gasteiger partial charge in [0, 0.05) is 6.92 Å². The molecule has 0 fully saturated rings. The summed E-state index contributed by atoms with van der Waals surface area (Å²) < 4.78 is 5.86. The fourth-order valence-corrected chi connectivity index (χ4v) is 1.77. The van der Waals surface area contributed by atoms with Crippen LogP contribution in [0.15, 0.2) is 22.7 Å². The van der Waals surface area contributed by atoms with Crippen molar-refractivity contribution in [1.29, 1.82) is 0 Å². The number of benzene rings is 1. The molecule has 0 N–H and O–H groups in total. The van der Waals surface area contributed by atoms with Crippen molar-refractivity contribution in [3.63, 3.8) is 0 Å². The minimum atomic E-state index is -0.299. The molecular weight excluding hydrogens is 256 g/mol. The van der Waals surface area contributed by atoms with Gasteiger partial charge in [0.05, 0.1) is 4.47 Å². The zero-order valence-corrected chi connectivity index (χ0v) is 10.8. The fraction of sp³-hybridized carbons (Fsp3) is 0.417. The van der Waals surface area contributed by atoms with Crippen LogP contribution < -0.4 is 4.74 Å². The number of carbonyl (C=O) groups is 1. The van der Waals surface area contributed by atoms with E-state index in [-0.39, 0.29) is 5.97 Å². The Bertz CT molecular complexity index is 361. The second-order valence-electron chi connectivity index (χ2n) is 3.59. The van der Waals surface area contributed by atoms with E-state index in [0.717, 1.165) is 10.9 Å². The highest BCUT2D eigenvalue weighted by molar-refractivity contribution is 9.10. The Morgan fingerprint density at radius 2 is 2.20 bits per heavy atom. The van der Waals surface area contributed by atoms with Crippen LogP contribution in [0.5, 0.6) is 5.75 Å². The molecule has 0 aliphatic rings. The number of carbonyl (C=O) groups excluding carboxylic acids is 1. The molecule has 15 heavy (non-hydrogen) atoms. The minimum absolute atomic E-state index is 0.299. The van der Waals surface area contributed by atoms with Crippen molar-refractivity contribution in [3.8, 4) is 5.75 Å². The van der Waals surface area contributed by atoms with E-state index in [4.69, 9.17) is 4.74 Å². The first kappa shape index (κ1) is 12.2. The highest BCUT2D eigenvalue weighted by atomic mass is 79.9. The molecule has 1 aromatic carbocycles. The van der Waals surface area contributed by atoms with Gasteiger partial charge in [0.2, 0.25) is 0 Å². The highest BCUT2D eigenvalue weighted by Crippen LogP contribution is 2.30. The van der Waals surface area contributed by atoms with Gasteiger partial charge in [-0.15, -0.1) is 0 Å². The molecule has 1 atom stereocenters. The van der Waals surface area contributed by atoms with Crippen LogP contribution in [-0.2, 0) is 4.79 Å². The van der Waals surface area contributed by atoms with Crippen LogP contribution in [0, 0.1) is 0 Å². The Morgan fingerprint density at radius 3 is 2.67 bits per heavy atom. The van der Waals surface area contributed by atoms with Crippen LogP contribution in [0.2, 0.25) is 0 Å². The van der Waals surface area contributed by atoms with E-state index in [0.29, 0.717) is 11.7 Å². The van der Waals surface area contributed by atoms with Crippen molar-refractivity contribution in [2.45, 2.75) is 33.1 Å². The first-order chi connectivity index (χ1) is 7.04. The van der Waals surface area contributed by atoms with Gasteiger partial charge in [-0.2, -0.15) is 0 Å². The molecule has 0 spiro atoms. The summed E-state index contributed by atoms with van der Waals surface area (Å²) in [5.74, 6) is 0.800. The van der Waals surface area contributed by atoms with Crippen molar-refractivity contribution >= 4 is 21.9 Å². The van der Waals surface area contributed by atoms with Crippen LogP contribution in [0.4, 0.5) is 0 Å². The fourth-order valence-electron chi connectivity index (χ4n) is 1.30. The third-order valence-corrected chi connectivity index (χ3v) is 3.01. The summed E-state index contributed by atoms with van der Waals surface area (Å²) in [6.45, 7) is 5.72. The quantitative estimate of drug-likeness (QED) is 0.615. The molecule has 0 aliphatic carbocycles. The SMILES string of the molecule is CCC(C)c1ccc(OC(C)=O)c(Br)c1. The van der Waals surface area contributed by atoms with Gasteiger partial charge in [-0.05, 0) is 46.0 Å². The van der Waals surface area contributed by atoms with Gasteiger partial charge < -0.3 is 4.74 Å². The molecule has 0 radical (unpaired) electrons. The van der Waals surface area contributed by atoms with Gasteiger partial charge in [0.15, 0.2) is 0 Å². The predicted molar refractivity (Wildman–Crippen MR) is 64.2 cm³/mol. The van der Waals surface area contributed by atoms with Crippen LogP contribution in [0.3, 0.4) is 0 Å². The molecule has 82 valence electrons. The Morgan fingerprint density at radius 1 is 1.53 bits per heavy atom. The number of esters is 1. The predicted octanol–water partition coefficient (Wildman–Crippen LogP) is 3.89. The largest absolute Gasteiger partial charge is 0.426 e. The first-order valence-corrected chi connectivity index (χ1v) is 5.81. The van der Waals surface area contributed by atoms with Crippen LogP contribution in [0.25, 0.3) is 0 Å². The molecular formula is C12H15BrO2. The average molecular weight is 271 g/mol. The van der Waals surface area contributed by atoms with Crippen molar-refractivity contribution < 1.29 is 9.53 Å². The van der Waals surface area contributed by atoms with Gasteiger partial charge in [-0.25, -0.2) is 0 Å². The van der Waals surface area contributed by atoms with Crippen molar-refractivity contribution in [2.24, 2.45) is 0 Å². The number of hydrogen-bond donors (Lipinski definition) is 0. The lowest BCUT2D eigenvalue weighted by Crippen LogP contribution is -2.02. The first-order valence-electron chi connectivity index (χ1n) is 5.02. The molecule has 0 aliphatic heterocycles. The van der Waals surface area contributed by atoms with Crippen molar-refractivity contribution in [2.75, 3.05) is 0 Å². The third kappa shape index (κ3) is 3.34. The number of rotatable bonds is 3. The smallest absolute Gasteiger partial charge is 0.308 e. The summed E-state index contributed by atoms with van der Waals surface area (Å²) in [4.78, 5) is 10.8. The standard InChI is InChI=1S/C12H15BrO2/c1-4-8(2)10-5-6-12(11(13)7-10)15-9(3)14/h5-8H,4H2,1-3H3. The normalized spacial score (nSPS) is 12.3. The molecule has 2 nitrogen and oxygen atoms in total. The number of hydrogen-bond acceptors (Lipinski definition) is 2. The Labute approximate surface area is 98.8 Å². The second-order valence-corrected chi connectivity index (χ2v) is 4.45. The van der Waals surface area contributed by atoms with Gasteiger partial charge in [-0.3, -0.25) is 4.79 Å². The summed E-state index contributed by atoms with van der Waals surface area (Å²) in [6.07, 6.45) is 1.10. The summed E-state index contributed by atoms with van der Waals surface area (Å²) >= 11 is 3.40. The average Bonchev–Trinajstić information content (AvgIpc) is 2.19. The van der Waals surface area contributed by atoms with Gasteiger partial charge in [0.25, 0.3) is 0 Å². The molecule has 1 aromatic rings. The van der Waals surface area contributed by atoms with E-state index in [1.807, 2.05) is 18.2 Å². The minimum Gasteiger partial charge on any atom is -0.426 e. The summed E-state index contributed by atoms with van der Waals surface area (Å²) in [5, 5.41) is 0. The van der Waals surface area contributed by atoms with Crippen LogP contribution in [-0.4, -0.2) is 5.97 Å². The molecule has 0 aromatic heterocycles. The molecule has 0 bridgehead atoms. The van der Waals surface area contributed by atoms with E-state index in [1.54, 1.807) is 0 Å². The van der Waals surface area contributed by atoms with Crippen molar-refractivity contribution in [3.05, 3.63) is 28.2 Å². The maximum Gasteiger partial charge on any atom is 0.308 e. The lowest BCUT2D eigenvalue weighted by molar-refractivity contribution is -0.131. The summed E-state index contributed by atoms with van der Waals surface area (Å²) in [7, 11) is 0. The molecule has 1 rings (SSSR count). The second kappa shape index (κ2) is 5.31. The summed E-state index contributed by atoms with van der Waals surface area (Å²) in [6, 6.07) is 5.83. The maximum absolute atomic E-state index is 10.8. The number of halogens is 1. The van der Waals surface area contributed by atoms with Crippen LogP contribution >= 0.6 is 15.9 Å². The lowest BCUT2D eigenvalue weighted by Gasteiger charge is -2.11. The van der Waals surface area contributed by atoms with Crippen molar-refractivity contribution in [1.82, 2.24) is 0 Å². The third-order valence-electron chi connectivity index (χ3n) is 2.39. The molecule has 0 amide bonds. The molecule has 1 unspecified atom stereocenters. The zero-order chi connectivity index (χ0) is 11.4. The zero-order valence-electron chi connectivity index (χ0n) is 9.21. The van der Waals surface area contributed by atoms with Gasteiger partial charge in [-0.1, -0.05) is 19.9 Å². The highest BCUT2D eigenvalue weighted by Gasteiger charge is 2.08. The summed E-state index contributed by atoms with van der Waals surface area (Å²) in [5.41, 5.74) is 1.25. The van der Waals surface area contributed by atoms with E-state index in [9.17, 15) is 4.79 Å². The maximum atomic E-state index is 10.8. The molecule has 3 heteroatoms. The molecule has 0 saturated heterocycles. The molecule has 0 saturated carbocycles. The van der Waals surface area contributed by atoms with E-state index in [2.05, 4.69) is 29.8 Å². The Hall–Kier alpha value is -0.830. The molecule has 0 heterocycles. The van der Waals surface area contributed by atoms with Gasteiger partial charge >= 0.3 is 5.97 Å². The Kier molecular flexibility index (Phi) is 4.33. The topological polar surface area (TPSA) is 26.3 Å². The Balaban J connectivity index is 2.92. The van der Waals surface area contributed by atoms with Gasteiger partial charge in [0.1, 0.15) is 5.75 Å². The van der Waals surface area contributed by atoms with Crippen LogP contribution in [0.1, 0.15) is 38.7 Å². The lowest BCUT2D eigenvalue weighted by atomic mass is 9.99.